The van der Waals surface area contributed by atoms with Gasteiger partial charge in [0.15, 0.2) is 0 Å². The number of para-hydroxylation sites is 1. The quantitative estimate of drug-likeness (QED) is 0.494. The fourth-order valence-electron chi connectivity index (χ4n) is 2.36. The van der Waals surface area contributed by atoms with Gasteiger partial charge < -0.3 is 4.42 Å². The summed E-state index contributed by atoms with van der Waals surface area (Å²) in [4.78, 5) is 4.03. The van der Waals surface area contributed by atoms with E-state index in [0.717, 1.165) is 33.1 Å². The molecule has 0 unspecified atom stereocenters. The third-order valence-electron chi connectivity index (χ3n) is 3.29. The lowest BCUT2D eigenvalue weighted by Gasteiger charge is -1.99. The van der Waals surface area contributed by atoms with Crippen molar-refractivity contribution in [3.05, 3.63) is 67.0 Å². The number of benzene rings is 2. The number of pyridine rings is 1. The number of hydrogen-bond donors (Lipinski definition) is 0. The summed E-state index contributed by atoms with van der Waals surface area (Å²) in [6, 6.07) is 19.4. The van der Waals surface area contributed by atoms with Gasteiger partial charge >= 0.3 is 0 Å². The van der Waals surface area contributed by atoms with Crippen LogP contribution in [0.5, 0.6) is 0 Å². The van der Waals surface area contributed by atoms with E-state index in [1.54, 1.807) is 12.4 Å². The van der Waals surface area contributed by atoms with E-state index in [1.807, 2.05) is 36.4 Å². The van der Waals surface area contributed by atoms with Gasteiger partial charge in [-0.3, -0.25) is 4.98 Å². The molecule has 89 valence electrons. The van der Waals surface area contributed by atoms with Gasteiger partial charge in [0.1, 0.15) is 11.2 Å². The molecule has 0 spiro atoms. The molecule has 1 radical (unpaired) electrons. The van der Waals surface area contributed by atoms with Crippen LogP contribution < -0.4 is 0 Å². The second-order valence-electron chi connectivity index (χ2n) is 4.46. The van der Waals surface area contributed by atoms with Crippen LogP contribution in [0.2, 0.25) is 0 Å². The monoisotopic (exact) mass is 244 g/mol. The van der Waals surface area contributed by atoms with Crippen molar-refractivity contribution in [2.24, 2.45) is 0 Å². The number of hydrogen-bond acceptors (Lipinski definition) is 2. The first kappa shape index (κ1) is 10.3. The molecule has 0 N–H and O–H groups in total. The highest BCUT2D eigenvalue weighted by molar-refractivity contribution is 6.05. The molecule has 0 aliphatic rings. The zero-order chi connectivity index (χ0) is 12.7. The van der Waals surface area contributed by atoms with Gasteiger partial charge in [-0.05, 0) is 47.5 Å². The third kappa shape index (κ3) is 1.61. The van der Waals surface area contributed by atoms with Crippen LogP contribution in [0, 0.1) is 6.07 Å². The van der Waals surface area contributed by atoms with Crippen molar-refractivity contribution in [1.82, 2.24) is 4.98 Å². The molecule has 2 nitrogen and oxygen atoms in total. The Hall–Kier alpha value is -2.61. The van der Waals surface area contributed by atoms with Crippen LogP contribution in [-0.2, 0) is 0 Å². The van der Waals surface area contributed by atoms with E-state index in [-0.39, 0.29) is 0 Å². The molecule has 2 aromatic carbocycles. The van der Waals surface area contributed by atoms with Crippen molar-refractivity contribution in [3.63, 3.8) is 0 Å². The fraction of sp³-hybridized carbons (Fsp3) is 0. The molecule has 0 aliphatic carbocycles. The first-order valence-corrected chi connectivity index (χ1v) is 6.15. The molecular formula is C17H10NO. The summed E-state index contributed by atoms with van der Waals surface area (Å²) in [7, 11) is 0. The largest absolute Gasteiger partial charge is 0.456 e. The number of nitrogens with zero attached hydrogens (tertiary/aromatic N) is 1. The standard InChI is InChI=1S/C17H10NO/c1-2-4-16-14(3-1)15-6-5-13(11-17(15)19-16)12-7-9-18-10-8-12/h1-5,7-11H. The summed E-state index contributed by atoms with van der Waals surface area (Å²) in [5.74, 6) is 0. The van der Waals surface area contributed by atoms with Crippen molar-refractivity contribution >= 4 is 21.9 Å². The lowest BCUT2D eigenvalue weighted by Crippen LogP contribution is -1.78. The minimum atomic E-state index is 0.871. The lowest BCUT2D eigenvalue weighted by atomic mass is 10.0. The Morgan fingerprint density at radius 1 is 0.895 bits per heavy atom. The molecule has 0 atom stereocenters. The molecule has 2 heteroatoms. The normalized spacial score (nSPS) is 11.2. The minimum Gasteiger partial charge on any atom is -0.456 e. The summed E-state index contributed by atoms with van der Waals surface area (Å²) in [5.41, 5.74) is 3.98. The number of fused-ring (bicyclic) bond motifs is 3. The maximum atomic E-state index is 5.87. The molecule has 0 amide bonds. The first-order chi connectivity index (χ1) is 9.42. The zero-order valence-corrected chi connectivity index (χ0v) is 10.1. The van der Waals surface area contributed by atoms with Gasteiger partial charge in [0.05, 0.1) is 0 Å². The molecule has 19 heavy (non-hydrogen) atoms. The molecule has 2 aromatic heterocycles. The average Bonchev–Trinajstić information content (AvgIpc) is 2.86. The van der Waals surface area contributed by atoms with Crippen molar-refractivity contribution < 1.29 is 4.42 Å². The summed E-state index contributed by atoms with van der Waals surface area (Å²) >= 11 is 0. The Morgan fingerprint density at radius 3 is 2.63 bits per heavy atom. The minimum absolute atomic E-state index is 0.871. The zero-order valence-electron chi connectivity index (χ0n) is 10.1. The van der Waals surface area contributed by atoms with Crippen LogP contribution in [0.25, 0.3) is 33.1 Å². The van der Waals surface area contributed by atoms with Crippen molar-refractivity contribution in [1.29, 1.82) is 0 Å². The van der Waals surface area contributed by atoms with E-state index in [2.05, 4.69) is 23.2 Å². The Kier molecular flexibility index (Phi) is 2.15. The van der Waals surface area contributed by atoms with Crippen LogP contribution in [0.15, 0.2) is 65.3 Å². The summed E-state index contributed by atoms with van der Waals surface area (Å²) < 4.78 is 5.87. The third-order valence-corrected chi connectivity index (χ3v) is 3.29. The molecule has 0 fully saturated rings. The highest BCUT2D eigenvalue weighted by atomic mass is 16.3. The average molecular weight is 244 g/mol. The molecule has 0 bridgehead atoms. The van der Waals surface area contributed by atoms with E-state index >= 15 is 0 Å². The molecule has 4 aromatic rings. The Bertz CT molecular complexity index is 862. The van der Waals surface area contributed by atoms with Crippen molar-refractivity contribution in [2.45, 2.75) is 0 Å². The van der Waals surface area contributed by atoms with Gasteiger partial charge in [0.2, 0.25) is 0 Å². The van der Waals surface area contributed by atoms with Crippen LogP contribution >= 0.6 is 0 Å². The molecule has 0 saturated heterocycles. The predicted molar refractivity (Wildman–Crippen MR) is 75.8 cm³/mol. The van der Waals surface area contributed by atoms with Gasteiger partial charge in [-0.2, -0.15) is 0 Å². The fourth-order valence-corrected chi connectivity index (χ4v) is 2.36. The van der Waals surface area contributed by atoms with E-state index < -0.39 is 0 Å². The molecule has 2 heterocycles. The highest BCUT2D eigenvalue weighted by Gasteiger charge is 2.07. The molecular weight excluding hydrogens is 234 g/mol. The van der Waals surface area contributed by atoms with Crippen LogP contribution in [-0.4, -0.2) is 4.98 Å². The predicted octanol–water partition coefficient (Wildman–Crippen LogP) is 4.45. The van der Waals surface area contributed by atoms with E-state index in [0.29, 0.717) is 0 Å². The van der Waals surface area contributed by atoms with Crippen LogP contribution in [0.3, 0.4) is 0 Å². The number of furan rings is 1. The van der Waals surface area contributed by atoms with Crippen LogP contribution in [0.1, 0.15) is 0 Å². The van der Waals surface area contributed by atoms with E-state index in [1.165, 1.54) is 0 Å². The van der Waals surface area contributed by atoms with Crippen molar-refractivity contribution in [3.8, 4) is 11.1 Å². The molecule has 4 rings (SSSR count). The highest BCUT2D eigenvalue weighted by Crippen LogP contribution is 2.31. The summed E-state index contributed by atoms with van der Waals surface area (Å²) in [6.07, 6.45) is 3.58. The molecule has 0 saturated carbocycles. The summed E-state index contributed by atoms with van der Waals surface area (Å²) in [6.45, 7) is 0. The maximum Gasteiger partial charge on any atom is 0.136 e. The Labute approximate surface area is 110 Å². The second-order valence-corrected chi connectivity index (χ2v) is 4.46. The lowest BCUT2D eigenvalue weighted by molar-refractivity contribution is 0.669. The van der Waals surface area contributed by atoms with Crippen molar-refractivity contribution in [2.75, 3.05) is 0 Å². The van der Waals surface area contributed by atoms with E-state index in [9.17, 15) is 0 Å². The smallest absolute Gasteiger partial charge is 0.136 e. The van der Waals surface area contributed by atoms with Gasteiger partial charge in [-0.1, -0.05) is 18.2 Å². The SMILES string of the molecule is [c]1cc(-c2ccncc2)cc2oc3ccccc3c12. The van der Waals surface area contributed by atoms with E-state index in [4.69, 9.17) is 4.42 Å². The number of rotatable bonds is 1. The van der Waals surface area contributed by atoms with Gasteiger partial charge in [0.25, 0.3) is 0 Å². The Balaban J connectivity index is 1.99. The van der Waals surface area contributed by atoms with Gasteiger partial charge in [-0.25, -0.2) is 0 Å². The first-order valence-electron chi connectivity index (χ1n) is 6.15. The maximum absolute atomic E-state index is 5.87. The van der Waals surface area contributed by atoms with Crippen LogP contribution in [0.4, 0.5) is 0 Å². The molecule has 0 aliphatic heterocycles. The number of aromatic nitrogens is 1. The van der Waals surface area contributed by atoms with Gasteiger partial charge in [0, 0.05) is 23.2 Å². The second kappa shape index (κ2) is 3.95. The van der Waals surface area contributed by atoms with Gasteiger partial charge in [-0.15, -0.1) is 0 Å². The topological polar surface area (TPSA) is 26.0 Å². The summed E-state index contributed by atoms with van der Waals surface area (Å²) in [5, 5.41) is 2.15. The Morgan fingerprint density at radius 2 is 1.74 bits per heavy atom.